The van der Waals surface area contributed by atoms with E-state index in [2.05, 4.69) is 35.0 Å². The second-order valence-electron chi connectivity index (χ2n) is 1.92. The van der Waals surface area contributed by atoms with Crippen LogP contribution in [-0.4, -0.2) is 5.75 Å². The summed E-state index contributed by atoms with van der Waals surface area (Å²) in [5.41, 5.74) is 3.44. The van der Waals surface area contributed by atoms with Crippen molar-refractivity contribution in [3.8, 4) is 0 Å². The highest BCUT2D eigenvalue weighted by Crippen LogP contribution is 1.95. The van der Waals surface area contributed by atoms with Crippen molar-refractivity contribution in [2.24, 2.45) is 0 Å². The summed E-state index contributed by atoms with van der Waals surface area (Å²) in [4.78, 5) is 0. The Labute approximate surface area is 64.8 Å². The normalized spacial score (nSPS) is 10.0. The summed E-state index contributed by atoms with van der Waals surface area (Å²) in [5, 5.41) is 2.14. The zero-order valence-corrected chi connectivity index (χ0v) is 7.08. The van der Waals surface area contributed by atoms with Crippen LogP contribution in [0.25, 0.3) is 0 Å². The molecular formula is C6H10NS2+. The second-order valence-corrected chi connectivity index (χ2v) is 3.08. The largest absolute Gasteiger partial charge is 0.224 e. The van der Waals surface area contributed by atoms with E-state index in [1.807, 2.05) is 0 Å². The Balaban J connectivity index is 2.69. The average molecular weight is 160 g/mol. The molecule has 0 aromatic carbocycles. The molecule has 1 aromatic rings. The Morgan fingerprint density at radius 2 is 2.56 bits per heavy atom. The van der Waals surface area contributed by atoms with Gasteiger partial charge in [0.05, 0.1) is 5.38 Å². The first-order valence-electron chi connectivity index (χ1n) is 2.87. The first kappa shape index (κ1) is 7.09. The highest BCUT2D eigenvalue weighted by molar-refractivity contribution is 7.80. The van der Waals surface area contributed by atoms with Crippen molar-refractivity contribution in [1.82, 2.24) is 0 Å². The predicted octanol–water partition coefficient (Wildman–Crippen LogP) is 1.27. The lowest BCUT2D eigenvalue weighted by atomic mass is 10.5. The van der Waals surface area contributed by atoms with Gasteiger partial charge in [-0.2, -0.15) is 17.2 Å². The molecule has 0 atom stereocenters. The number of aromatic nitrogens is 1. The van der Waals surface area contributed by atoms with Gasteiger partial charge in [0, 0.05) is 12.7 Å². The molecule has 0 N–H and O–H groups in total. The SMILES string of the molecule is Cc1csc[n+]1CCS. The van der Waals surface area contributed by atoms with Gasteiger partial charge in [-0.3, -0.25) is 0 Å². The number of hydrogen-bond donors (Lipinski definition) is 1. The van der Waals surface area contributed by atoms with E-state index >= 15 is 0 Å². The quantitative estimate of drug-likeness (QED) is 0.491. The molecule has 0 aliphatic carbocycles. The van der Waals surface area contributed by atoms with Gasteiger partial charge in [-0.15, -0.1) is 0 Å². The first-order chi connectivity index (χ1) is 4.34. The monoisotopic (exact) mass is 160 g/mol. The topological polar surface area (TPSA) is 3.88 Å². The van der Waals surface area contributed by atoms with Crippen molar-refractivity contribution < 1.29 is 4.57 Å². The lowest BCUT2D eigenvalue weighted by molar-refractivity contribution is -0.693. The molecule has 0 unspecified atom stereocenters. The van der Waals surface area contributed by atoms with E-state index in [0.29, 0.717) is 0 Å². The first-order valence-corrected chi connectivity index (χ1v) is 4.45. The van der Waals surface area contributed by atoms with Crippen molar-refractivity contribution in [2.45, 2.75) is 13.5 Å². The van der Waals surface area contributed by atoms with Crippen LogP contribution in [0, 0.1) is 6.92 Å². The molecule has 1 heterocycles. The van der Waals surface area contributed by atoms with Crippen LogP contribution >= 0.6 is 24.0 Å². The van der Waals surface area contributed by atoms with Gasteiger partial charge < -0.3 is 0 Å². The van der Waals surface area contributed by atoms with E-state index < -0.39 is 0 Å². The van der Waals surface area contributed by atoms with Crippen LogP contribution in [0.4, 0.5) is 0 Å². The third-order valence-electron chi connectivity index (χ3n) is 1.22. The molecule has 1 aromatic heterocycles. The number of thiazole rings is 1. The zero-order valence-electron chi connectivity index (χ0n) is 5.37. The Bertz CT molecular complexity index is 183. The van der Waals surface area contributed by atoms with Crippen molar-refractivity contribution >= 4 is 24.0 Å². The van der Waals surface area contributed by atoms with Crippen molar-refractivity contribution in [1.29, 1.82) is 0 Å². The molecule has 0 radical (unpaired) electrons. The van der Waals surface area contributed by atoms with Crippen LogP contribution in [0.1, 0.15) is 5.69 Å². The van der Waals surface area contributed by atoms with Crippen molar-refractivity contribution in [3.63, 3.8) is 0 Å². The Kier molecular flexibility index (Phi) is 2.54. The Morgan fingerprint density at radius 3 is 3.00 bits per heavy atom. The highest BCUT2D eigenvalue weighted by atomic mass is 32.1. The Hall–Kier alpha value is -0.0200. The standard InChI is InChI=1S/C6H9NS2/c1-6-4-9-5-7(6)2-3-8/h4-5H,2-3H2,1H3/p+1. The van der Waals surface area contributed by atoms with E-state index in [1.54, 1.807) is 11.3 Å². The van der Waals surface area contributed by atoms with Gasteiger partial charge in [0.25, 0.3) is 0 Å². The molecule has 0 amide bonds. The van der Waals surface area contributed by atoms with Gasteiger partial charge in [-0.05, 0) is 0 Å². The van der Waals surface area contributed by atoms with Crippen molar-refractivity contribution in [2.75, 3.05) is 5.75 Å². The number of hydrogen-bond acceptors (Lipinski definition) is 2. The summed E-state index contributed by atoms with van der Waals surface area (Å²) in [5.74, 6) is 0.919. The molecule has 50 valence electrons. The van der Waals surface area contributed by atoms with Gasteiger partial charge in [0.1, 0.15) is 0 Å². The molecule has 0 saturated heterocycles. The number of aryl methyl sites for hydroxylation is 2. The number of rotatable bonds is 2. The van der Waals surface area contributed by atoms with E-state index in [9.17, 15) is 0 Å². The van der Waals surface area contributed by atoms with E-state index in [4.69, 9.17) is 0 Å². The van der Waals surface area contributed by atoms with Gasteiger partial charge in [-0.1, -0.05) is 11.3 Å². The highest BCUT2D eigenvalue weighted by Gasteiger charge is 2.02. The zero-order chi connectivity index (χ0) is 6.69. The summed E-state index contributed by atoms with van der Waals surface area (Å²) in [6, 6.07) is 0. The average Bonchev–Trinajstić information content (AvgIpc) is 2.18. The number of nitrogens with zero attached hydrogens (tertiary/aromatic N) is 1. The molecular weight excluding hydrogens is 150 g/mol. The Morgan fingerprint density at radius 1 is 1.78 bits per heavy atom. The maximum Gasteiger partial charge on any atom is 0.224 e. The summed E-state index contributed by atoms with van der Waals surface area (Å²) in [6.07, 6.45) is 0. The summed E-state index contributed by atoms with van der Waals surface area (Å²) >= 11 is 5.87. The molecule has 0 bridgehead atoms. The van der Waals surface area contributed by atoms with Gasteiger partial charge >= 0.3 is 0 Å². The minimum absolute atomic E-state index is 0.919. The maximum absolute atomic E-state index is 4.14. The molecule has 1 rings (SSSR count). The van der Waals surface area contributed by atoms with Crippen LogP contribution in [0.5, 0.6) is 0 Å². The molecule has 0 spiro atoms. The van der Waals surface area contributed by atoms with Gasteiger partial charge in [-0.25, -0.2) is 0 Å². The third-order valence-corrected chi connectivity index (χ3v) is 2.27. The van der Waals surface area contributed by atoms with Crippen LogP contribution in [0.3, 0.4) is 0 Å². The summed E-state index contributed by atoms with van der Waals surface area (Å²) in [7, 11) is 0. The fourth-order valence-electron chi connectivity index (χ4n) is 0.690. The minimum Gasteiger partial charge on any atom is -0.192 e. The van der Waals surface area contributed by atoms with E-state index in [-0.39, 0.29) is 0 Å². The summed E-state index contributed by atoms with van der Waals surface area (Å²) < 4.78 is 2.21. The molecule has 0 fully saturated rings. The molecule has 3 heteroatoms. The van der Waals surface area contributed by atoms with E-state index in [1.165, 1.54) is 5.69 Å². The smallest absolute Gasteiger partial charge is 0.192 e. The van der Waals surface area contributed by atoms with Gasteiger partial charge in [0.2, 0.25) is 5.51 Å². The molecule has 0 saturated carbocycles. The predicted molar refractivity (Wildman–Crippen MR) is 43.1 cm³/mol. The maximum atomic E-state index is 4.14. The lowest BCUT2D eigenvalue weighted by Crippen LogP contribution is -2.34. The molecule has 0 aliphatic heterocycles. The van der Waals surface area contributed by atoms with Crippen molar-refractivity contribution in [3.05, 3.63) is 16.6 Å². The van der Waals surface area contributed by atoms with Crippen LogP contribution in [0.2, 0.25) is 0 Å². The number of thiol groups is 1. The van der Waals surface area contributed by atoms with Crippen LogP contribution in [0.15, 0.2) is 10.9 Å². The lowest BCUT2D eigenvalue weighted by Gasteiger charge is -1.87. The third kappa shape index (κ3) is 1.69. The minimum atomic E-state index is 0.919. The molecule has 1 nitrogen and oxygen atoms in total. The van der Waals surface area contributed by atoms with Gasteiger partial charge in [0.15, 0.2) is 12.2 Å². The summed E-state index contributed by atoms with van der Waals surface area (Å²) in [6.45, 7) is 3.14. The molecule has 9 heavy (non-hydrogen) atoms. The van der Waals surface area contributed by atoms with E-state index in [0.717, 1.165) is 12.3 Å². The fourth-order valence-corrected chi connectivity index (χ4v) is 1.72. The fraction of sp³-hybridized carbons (Fsp3) is 0.500. The second kappa shape index (κ2) is 3.22. The van der Waals surface area contributed by atoms with Crippen LogP contribution in [-0.2, 0) is 6.54 Å². The molecule has 0 aliphatic rings. The van der Waals surface area contributed by atoms with Crippen LogP contribution < -0.4 is 4.57 Å².